The van der Waals surface area contributed by atoms with E-state index in [0.29, 0.717) is 122 Å². The normalized spacial score (nSPS) is 21.1. The zero-order valence-electron chi connectivity index (χ0n) is 35.9. The van der Waals surface area contributed by atoms with Crippen LogP contribution in [0.4, 0.5) is 0 Å². The first kappa shape index (κ1) is 51.9. The van der Waals surface area contributed by atoms with Crippen LogP contribution < -0.4 is 0 Å². The zero-order chi connectivity index (χ0) is 41.2. The van der Waals surface area contributed by atoms with Crippen LogP contribution in [0.15, 0.2) is 36.0 Å². The van der Waals surface area contributed by atoms with E-state index in [9.17, 15) is 40.9 Å². The molecular weight excluding hydrogens is 668 g/mol. The lowest BCUT2D eigenvalue weighted by Crippen LogP contribution is -2.39. The minimum absolute atomic E-state index is 0.366. The standard InChI is InChI=1S/C45H86O8/c1-12-39(5,47)24-14-21-37(4)22-23-38(46)45(11,53)35-19-34-44(10,52)33-18-32-43(9,51)31-17-30-42(8,50)29-16-28-41(7,49)27-15-26-40(6,48)25-13-20-36(2)3/h12,20-21,38,46-53H,1,13-19,22-35H2,2-11H3/b37-21+/t38-,39+,40+,41-,42-,43-,44-,45-/m1/s1. The third-order valence-corrected chi connectivity index (χ3v) is 11.5. The molecule has 0 rings (SSSR count). The Morgan fingerprint density at radius 2 is 0.811 bits per heavy atom. The SMILES string of the molecule is C=C[C@](C)(O)CC/C=C(\C)CC[C@@H](O)[C@](C)(O)CCC[C@](C)(O)CCC[C@](C)(O)CCC[C@](C)(O)CCC[C@](C)(O)CCC[C@@](C)(O)CCC=C(C)C. The van der Waals surface area contributed by atoms with Crippen molar-refractivity contribution in [3.8, 4) is 0 Å². The van der Waals surface area contributed by atoms with Crippen LogP contribution in [0.25, 0.3) is 0 Å². The second kappa shape index (κ2) is 23.2. The van der Waals surface area contributed by atoms with Crippen molar-refractivity contribution in [3.05, 3.63) is 36.0 Å². The molecule has 314 valence electrons. The van der Waals surface area contributed by atoms with Gasteiger partial charge in [0, 0.05) is 0 Å². The lowest BCUT2D eigenvalue weighted by Gasteiger charge is -2.32. The van der Waals surface area contributed by atoms with Gasteiger partial charge in [0.2, 0.25) is 0 Å². The average Bonchev–Trinajstić information content (AvgIpc) is 2.98. The van der Waals surface area contributed by atoms with E-state index in [2.05, 4.69) is 32.6 Å². The van der Waals surface area contributed by atoms with Crippen molar-refractivity contribution >= 4 is 0 Å². The molecule has 0 saturated carbocycles. The minimum Gasteiger partial charge on any atom is -0.390 e. The van der Waals surface area contributed by atoms with Crippen molar-refractivity contribution in [1.29, 1.82) is 0 Å². The van der Waals surface area contributed by atoms with Gasteiger partial charge in [0.1, 0.15) is 0 Å². The van der Waals surface area contributed by atoms with Gasteiger partial charge in [-0.05, 0) is 204 Å². The van der Waals surface area contributed by atoms with Gasteiger partial charge in [-0.25, -0.2) is 0 Å². The van der Waals surface area contributed by atoms with Gasteiger partial charge >= 0.3 is 0 Å². The van der Waals surface area contributed by atoms with Crippen LogP contribution >= 0.6 is 0 Å². The molecule has 0 radical (unpaired) electrons. The molecule has 0 aliphatic rings. The number of allylic oxidation sites excluding steroid dienone is 4. The zero-order valence-corrected chi connectivity index (χ0v) is 35.9. The summed E-state index contributed by atoms with van der Waals surface area (Å²) in [5.41, 5.74) is -4.13. The van der Waals surface area contributed by atoms with E-state index in [0.717, 1.165) is 18.4 Å². The number of hydrogen-bond acceptors (Lipinski definition) is 8. The van der Waals surface area contributed by atoms with E-state index in [1.54, 1.807) is 20.8 Å². The number of hydrogen-bond donors (Lipinski definition) is 8. The molecule has 0 heterocycles. The second-order valence-electron chi connectivity index (χ2n) is 19.1. The van der Waals surface area contributed by atoms with Crippen molar-refractivity contribution in [3.63, 3.8) is 0 Å². The van der Waals surface area contributed by atoms with Crippen molar-refractivity contribution in [1.82, 2.24) is 0 Å². The Morgan fingerprint density at radius 1 is 0.491 bits per heavy atom. The fraction of sp³-hybridized carbons (Fsp3) is 0.867. The third kappa shape index (κ3) is 27.2. The van der Waals surface area contributed by atoms with E-state index >= 15 is 0 Å². The highest BCUT2D eigenvalue weighted by Crippen LogP contribution is 2.32. The Morgan fingerprint density at radius 3 is 1.15 bits per heavy atom. The van der Waals surface area contributed by atoms with E-state index in [-0.39, 0.29) is 0 Å². The van der Waals surface area contributed by atoms with Crippen LogP contribution in [0.1, 0.15) is 204 Å². The maximum Gasteiger partial charge on any atom is 0.0877 e. The van der Waals surface area contributed by atoms with Crippen molar-refractivity contribution in [2.45, 2.75) is 249 Å². The number of aliphatic hydroxyl groups excluding tert-OH is 1. The largest absolute Gasteiger partial charge is 0.390 e. The van der Waals surface area contributed by atoms with E-state index < -0.39 is 45.3 Å². The summed E-state index contributed by atoms with van der Waals surface area (Å²) in [6.07, 6.45) is 17.5. The van der Waals surface area contributed by atoms with Gasteiger partial charge in [-0.2, -0.15) is 0 Å². The highest BCUT2D eigenvalue weighted by atomic mass is 16.3. The molecule has 0 amide bonds. The summed E-state index contributed by atoms with van der Waals surface area (Å²) in [7, 11) is 0. The van der Waals surface area contributed by atoms with Crippen molar-refractivity contribution in [2.75, 3.05) is 0 Å². The first-order chi connectivity index (χ1) is 24.0. The molecule has 8 atom stereocenters. The predicted molar refractivity (Wildman–Crippen MR) is 221 cm³/mol. The molecule has 0 aromatic carbocycles. The number of rotatable bonds is 31. The minimum atomic E-state index is -1.26. The molecule has 0 aromatic heterocycles. The highest BCUT2D eigenvalue weighted by Gasteiger charge is 2.32. The molecule has 0 aromatic rings. The number of aliphatic hydroxyl groups is 8. The summed E-state index contributed by atoms with van der Waals surface area (Å²) in [5.74, 6) is 0. The van der Waals surface area contributed by atoms with Crippen LogP contribution in [-0.4, -0.2) is 86.2 Å². The Kier molecular flexibility index (Phi) is 22.7. The maximum atomic E-state index is 11.0. The van der Waals surface area contributed by atoms with Gasteiger partial charge < -0.3 is 40.9 Å². The molecular formula is C45H86O8. The predicted octanol–water partition coefficient (Wildman–Crippen LogP) is 8.89. The molecule has 8 nitrogen and oxygen atoms in total. The van der Waals surface area contributed by atoms with Crippen LogP contribution in [-0.2, 0) is 0 Å². The average molecular weight is 755 g/mol. The van der Waals surface area contributed by atoms with Crippen LogP contribution in [0.2, 0.25) is 0 Å². The molecule has 0 unspecified atom stereocenters. The van der Waals surface area contributed by atoms with E-state index in [4.69, 9.17) is 0 Å². The summed E-state index contributed by atoms with van der Waals surface area (Å²) in [6, 6.07) is 0. The third-order valence-electron chi connectivity index (χ3n) is 11.5. The van der Waals surface area contributed by atoms with Crippen LogP contribution in [0.3, 0.4) is 0 Å². The first-order valence-corrected chi connectivity index (χ1v) is 20.7. The Balaban J connectivity index is 4.46. The molecule has 0 spiro atoms. The van der Waals surface area contributed by atoms with Gasteiger partial charge in [-0.1, -0.05) is 29.4 Å². The molecule has 8 N–H and O–H groups in total. The summed E-state index contributed by atoms with van der Waals surface area (Å²) in [5, 5.41) is 86.3. The Hall–Kier alpha value is -1.10. The van der Waals surface area contributed by atoms with Gasteiger partial charge in [0.05, 0.1) is 45.3 Å². The smallest absolute Gasteiger partial charge is 0.0877 e. The van der Waals surface area contributed by atoms with Gasteiger partial charge in [-0.3, -0.25) is 0 Å². The van der Waals surface area contributed by atoms with Gasteiger partial charge in [-0.15, -0.1) is 6.58 Å². The fourth-order valence-corrected chi connectivity index (χ4v) is 7.18. The summed E-state index contributed by atoms with van der Waals surface area (Å²) >= 11 is 0. The summed E-state index contributed by atoms with van der Waals surface area (Å²) in [4.78, 5) is 0. The highest BCUT2D eigenvalue weighted by molar-refractivity contribution is 5.02. The Labute approximate surface area is 325 Å². The fourth-order valence-electron chi connectivity index (χ4n) is 7.18. The quantitative estimate of drug-likeness (QED) is 0.0326. The second-order valence-corrected chi connectivity index (χ2v) is 19.1. The summed E-state index contributed by atoms with van der Waals surface area (Å²) in [6.45, 7) is 22.3. The molecule has 0 fully saturated rings. The summed E-state index contributed by atoms with van der Waals surface area (Å²) < 4.78 is 0. The van der Waals surface area contributed by atoms with Gasteiger partial charge in [0.15, 0.2) is 0 Å². The molecule has 8 heteroatoms. The monoisotopic (exact) mass is 755 g/mol. The lowest BCUT2D eigenvalue weighted by molar-refractivity contribution is -0.0746. The topological polar surface area (TPSA) is 162 Å². The van der Waals surface area contributed by atoms with Crippen molar-refractivity contribution < 1.29 is 40.9 Å². The molecule has 53 heavy (non-hydrogen) atoms. The lowest BCUT2D eigenvalue weighted by atomic mass is 9.83. The van der Waals surface area contributed by atoms with Crippen LogP contribution in [0.5, 0.6) is 0 Å². The van der Waals surface area contributed by atoms with Crippen molar-refractivity contribution in [2.24, 2.45) is 0 Å². The molecule has 0 bridgehead atoms. The van der Waals surface area contributed by atoms with Crippen LogP contribution in [0, 0.1) is 0 Å². The molecule has 0 aliphatic heterocycles. The van der Waals surface area contributed by atoms with E-state index in [1.807, 2.05) is 34.6 Å². The maximum absolute atomic E-state index is 11.0. The molecule has 0 saturated heterocycles. The van der Waals surface area contributed by atoms with Gasteiger partial charge in [0.25, 0.3) is 0 Å². The van der Waals surface area contributed by atoms with E-state index in [1.165, 1.54) is 11.6 Å². The molecule has 0 aliphatic carbocycles. The first-order valence-electron chi connectivity index (χ1n) is 20.7. The Bertz CT molecular complexity index is 1080.